The Hall–Kier alpha value is -3.12. The number of nitrogens with one attached hydrogen (secondary N) is 2. The van der Waals surface area contributed by atoms with Crippen molar-refractivity contribution < 1.29 is 29.3 Å². The Morgan fingerprint density at radius 2 is 1.85 bits per heavy atom. The average molecular weight is 363 g/mol. The Bertz CT molecular complexity index is 644. The standard InChI is InChI=1S/C17H21N3O6/c18-9-5-4-8-13(16(23)24)19-15(22)14(10-21)20-17(25)26-11-12-6-2-1-3-7-12/h1-3,6-7,13-14,21H,4-5,8,10-11H2,(H,19,22)(H,20,25)(H,23,24)/t13-,14-/m0/s1. The fourth-order valence-corrected chi connectivity index (χ4v) is 2.02. The van der Waals surface area contributed by atoms with Gasteiger partial charge >= 0.3 is 12.1 Å². The van der Waals surface area contributed by atoms with Gasteiger partial charge in [0.15, 0.2) is 0 Å². The lowest BCUT2D eigenvalue weighted by Gasteiger charge is -2.19. The molecule has 0 aliphatic rings. The zero-order chi connectivity index (χ0) is 19.4. The van der Waals surface area contributed by atoms with Gasteiger partial charge in [0.2, 0.25) is 5.91 Å². The summed E-state index contributed by atoms with van der Waals surface area (Å²) >= 11 is 0. The van der Waals surface area contributed by atoms with Gasteiger partial charge in [-0.05, 0) is 18.4 Å². The number of ether oxygens (including phenoxy) is 1. The van der Waals surface area contributed by atoms with Crippen LogP contribution in [0.1, 0.15) is 24.8 Å². The number of nitriles is 1. The average Bonchev–Trinajstić information content (AvgIpc) is 2.64. The van der Waals surface area contributed by atoms with Gasteiger partial charge in [-0.1, -0.05) is 30.3 Å². The third kappa shape index (κ3) is 7.63. The third-order valence-electron chi connectivity index (χ3n) is 3.40. The number of alkyl carbamates (subject to hydrolysis) is 1. The van der Waals surface area contributed by atoms with Gasteiger partial charge in [-0.25, -0.2) is 9.59 Å². The molecule has 9 heteroatoms. The molecule has 0 aliphatic carbocycles. The Labute approximate surface area is 150 Å². The van der Waals surface area contributed by atoms with Gasteiger partial charge < -0.3 is 25.6 Å². The second kappa shape index (κ2) is 11.4. The van der Waals surface area contributed by atoms with E-state index < -0.39 is 36.7 Å². The quantitative estimate of drug-likeness (QED) is 0.443. The van der Waals surface area contributed by atoms with Gasteiger partial charge in [0.05, 0.1) is 12.7 Å². The Balaban J connectivity index is 2.51. The summed E-state index contributed by atoms with van der Waals surface area (Å²) in [5.74, 6) is -2.12. The first kappa shape index (κ1) is 20.9. The number of rotatable bonds is 10. The first-order valence-electron chi connectivity index (χ1n) is 7.96. The van der Waals surface area contributed by atoms with Crippen LogP contribution in [0.15, 0.2) is 30.3 Å². The second-order valence-corrected chi connectivity index (χ2v) is 5.39. The molecular weight excluding hydrogens is 342 g/mol. The highest BCUT2D eigenvalue weighted by Crippen LogP contribution is 2.03. The highest BCUT2D eigenvalue weighted by atomic mass is 16.5. The van der Waals surface area contributed by atoms with E-state index >= 15 is 0 Å². The largest absolute Gasteiger partial charge is 0.480 e. The highest BCUT2D eigenvalue weighted by Gasteiger charge is 2.26. The molecule has 1 aromatic carbocycles. The highest BCUT2D eigenvalue weighted by molar-refractivity contribution is 5.89. The van der Waals surface area contributed by atoms with Crippen molar-refractivity contribution in [2.45, 2.75) is 38.0 Å². The van der Waals surface area contributed by atoms with E-state index in [2.05, 4.69) is 10.6 Å². The molecule has 0 unspecified atom stereocenters. The topological polar surface area (TPSA) is 149 Å². The number of aliphatic hydroxyl groups excluding tert-OH is 1. The maximum atomic E-state index is 12.1. The number of nitrogens with zero attached hydrogens (tertiary/aromatic N) is 1. The van der Waals surface area contributed by atoms with Gasteiger partial charge in [-0.2, -0.15) is 5.26 Å². The molecule has 0 heterocycles. The Morgan fingerprint density at radius 1 is 1.15 bits per heavy atom. The van der Waals surface area contributed by atoms with E-state index in [-0.39, 0.29) is 19.4 Å². The molecule has 0 bridgehead atoms. The van der Waals surface area contributed by atoms with E-state index in [0.717, 1.165) is 5.56 Å². The lowest BCUT2D eigenvalue weighted by atomic mass is 10.1. The van der Waals surface area contributed by atoms with Crippen LogP contribution in [-0.2, 0) is 20.9 Å². The van der Waals surface area contributed by atoms with Crippen molar-refractivity contribution in [3.8, 4) is 6.07 Å². The molecule has 0 aliphatic heterocycles. The van der Waals surface area contributed by atoms with Crippen LogP contribution in [0, 0.1) is 11.3 Å². The molecule has 0 fully saturated rings. The lowest BCUT2D eigenvalue weighted by Crippen LogP contribution is -2.53. The predicted octanol–water partition coefficient (Wildman–Crippen LogP) is 0.537. The number of carboxylic acid groups (broad SMARTS) is 1. The van der Waals surface area contributed by atoms with E-state index in [4.69, 9.17) is 15.1 Å². The molecular formula is C17H21N3O6. The third-order valence-corrected chi connectivity index (χ3v) is 3.40. The summed E-state index contributed by atoms with van der Waals surface area (Å²) in [6, 6.07) is 8.19. The van der Waals surface area contributed by atoms with Crippen LogP contribution in [0.4, 0.5) is 4.79 Å². The summed E-state index contributed by atoms with van der Waals surface area (Å²) in [6.07, 6.45) is -0.401. The summed E-state index contributed by atoms with van der Waals surface area (Å²) in [5.41, 5.74) is 0.746. The molecule has 140 valence electrons. The van der Waals surface area contributed by atoms with E-state index in [1.807, 2.05) is 12.1 Å². The minimum atomic E-state index is -1.35. The number of carbonyl (C=O) groups excluding carboxylic acids is 2. The van der Waals surface area contributed by atoms with Crippen molar-refractivity contribution in [1.29, 1.82) is 5.26 Å². The lowest BCUT2D eigenvalue weighted by molar-refractivity contribution is -0.142. The number of amides is 2. The van der Waals surface area contributed by atoms with Crippen molar-refractivity contribution >= 4 is 18.0 Å². The van der Waals surface area contributed by atoms with Crippen molar-refractivity contribution in [2.75, 3.05) is 6.61 Å². The van der Waals surface area contributed by atoms with Crippen LogP contribution in [0.25, 0.3) is 0 Å². The second-order valence-electron chi connectivity index (χ2n) is 5.39. The molecule has 26 heavy (non-hydrogen) atoms. The van der Waals surface area contributed by atoms with Crippen molar-refractivity contribution in [1.82, 2.24) is 10.6 Å². The molecule has 0 radical (unpaired) electrons. The predicted molar refractivity (Wildman–Crippen MR) is 89.7 cm³/mol. The zero-order valence-electron chi connectivity index (χ0n) is 14.1. The fourth-order valence-electron chi connectivity index (χ4n) is 2.02. The molecule has 0 saturated carbocycles. The molecule has 0 saturated heterocycles. The molecule has 0 aromatic heterocycles. The minimum absolute atomic E-state index is 0.0155. The molecule has 9 nitrogen and oxygen atoms in total. The Kier molecular flexibility index (Phi) is 9.20. The van der Waals surface area contributed by atoms with E-state index in [9.17, 15) is 19.5 Å². The summed E-state index contributed by atoms with van der Waals surface area (Å²) in [4.78, 5) is 35.0. The van der Waals surface area contributed by atoms with Crippen LogP contribution in [-0.4, -0.2) is 46.9 Å². The van der Waals surface area contributed by atoms with Crippen LogP contribution in [0.5, 0.6) is 0 Å². The van der Waals surface area contributed by atoms with Gasteiger partial charge in [-0.15, -0.1) is 0 Å². The van der Waals surface area contributed by atoms with Gasteiger partial charge in [-0.3, -0.25) is 4.79 Å². The molecule has 4 N–H and O–H groups in total. The number of benzene rings is 1. The van der Waals surface area contributed by atoms with Crippen LogP contribution in [0.2, 0.25) is 0 Å². The van der Waals surface area contributed by atoms with Crippen LogP contribution in [0.3, 0.4) is 0 Å². The molecule has 2 amide bonds. The molecule has 2 atom stereocenters. The number of carbonyl (C=O) groups is 3. The monoisotopic (exact) mass is 363 g/mol. The van der Waals surface area contributed by atoms with Crippen LogP contribution < -0.4 is 10.6 Å². The number of unbranched alkanes of at least 4 members (excludes halogenated alkanes) is 1. The molecule has 1 rings (SSSR count). The molecule has 0 spiro atoms. The fraction of sp³-hybridized carbons (Fsp3) is 0.412. The maximum absolute atomic E-state index is 12.1. The van der Waals surface area contributed by atoms with E-state index in [1.165, 1.54) is 0 Å². The van der Waals surface area contributed by atoms with Crippen molar-refractivity contribution in [3.63, 3.8) is 0 Å². The number of hydrogen-bond donors (Lipinski definition) is 4. The number of aliphatic hydroxyl groups is 1. The van der Waals surface area contributed by atoms with Crippen molar-refractivity contribution in [2.24, 2.45) is 0 Å². The summed E-state index contributed by atoms with van der Waals surface area (Å²) in [6.45, 7) is -0.741. The first-order chi connectivity index (χ1) is 12.5. The van der Waals surface area contributed by atoms with E-state index in [1.54, 1.807) is 24.3 Å². The number of hydrogen-bond acceptors (Lipinski definition) is 6. The van der Waals surface area contributed by atoms with E-state index in [0.29, 0.717) is 6.42 Å². The first-order valence-corrected chi connectivity index (χ1v) is 7.96. The minimum Gasteiger partial charge on any atom is -0.480 e. The maximum Gasteiger partial charge on any atom is 0.408 e. The molecule has 1 aromatic rings. The number of aliphatic carboxylic acids is 1. The van der Waals surface area contributed by atoms with Gasteiger partial charge in [0.25, 0.3) is 0 Å². The summed E-state index contributed by atoms with van der Waals surface area (Å²) < 4.78 is 4.95. The van der Waals surface area contributed by atoms with Gasteiger partial charge in [0.1, 0.15) is 18.7 Å². The zero-order valence-corrected chi connectivity index (χ0v) is 14.1. The summed E-state index contributed by atoms with van der Waals surface area (Å²) in [7, 11) is 0. The smallest absolute Gasteiger partial charge is 0.408 e. The van der Waals surface area contributed by atoms with Gasteiger partial charge in [0, 0.05) is 6.42 Å². The SMILES string of the molecule is N#CCCC[C@H](NC(=O)[C@H](CO)NC(=O)OCc1ccccc1)C(=O)O. The van der Waals surface area contributed by atoms with Crippen molar-refractivity contribution in [3.05, 3.63) is 35.9 Å². The summed E-state index contributed by atoms with van der Waals surface area (Å²) in [5, 5.41) is 31.3. The number of carboxylic acids is 1. The van der Waals surface area contributed by atoms with Crippen LogP contribution >= 0.6 is 0 Å². The normalized spacial score (nSPS) is 12.3. The Morgan fingerprint density at radius 3 is 2.42 bits per heavy atom.